The summed E-state index contributed by atoms with van der Waals surface area (Å²) in [7, 11) is 0. The Kier molecular flexibility index (Phi) is 6.48. The molecule has 0 saturated heterocycles. The maximum Gasteiger partial charge on any atom is 0.00684 e. The minimum absolute atomic E-state index is 0.245. The van der Waals surface area contributed by atoms with Gasteiger partial charge >= 0.3 is 0 Å². The highest BCUT2D eigenvalue weighted by Gasteiger charge is 2.23. The van der Waals surface area contributed by atoms with Gasteiger partial charge in [-0.15, -0.1) is 0 Å². The minimum Gasteiger partial charge on any atom is -0.0984 e. The van der Waals surface area contributed by atoms with E-state index in [9.17, 15) is 0 Å². The summed E-state index contributed by atoms with van der Waals surface area (Å²) in [5.74, 6) is 0.245. The zero-order valence-corrected chi connectivity index (χ0v) is 24.3. The van der Waals surface area contributed by atoms with Crippen LogP contribution in [-0.4, -0.2) is 0 Å². The SMILES string of the molecule is C=Cc1c(C=C)c(C2C=CC(c3ccc(C)c4c(C)cccc34)=CC2)c2ccccc2c1-c1ccc2ccccc2c1. The highest BCUT2D eigenvalue weighted by molar-refractivity contribution is 6.07. The largest absolute Gasteiger partial charge is 0.0984 e. The van der Waals surface area contributed by atoms with Crippen LogP contribution in [0.4, 0.5) is 0 Å². The molecule has 6 aromatic rings. The predicted octanol–water partition coefficient (Wildman–Crippen LogP) is 11.8. The summed E-state index contributed by atoms with van der Waals surface area (Å²) in [6, 6.07) is 35.4. The Labute approximate surface area is 248 Å². The van der Waals surface area contributed by atoms with E-state index >= 15 is 0 Å². The molecule has 0 bridgehead atoms. The van der Waals surface area contributed by atoms with E-state index in [1.807, 2.05) is 12.2 Å². The van der Waals surface area contributed by atoms with Gasteiger partial charge in [0, 0.05) is 5.92 Å². The second-order valence-electron chi connectivity index (χ2n) is 11.4. The van der Waals surface area contributed by atoms with Crippen molar-refractivity contribution >= 4 is 50.0 Å². The Morgan fingerprint density at radius 3 is 2.14 bits per heavy atom. The third kappa shape index (κ3) is 4.14. The quantitative estimate of drug-likeness (QED) is 0.205. The summed E-state index contributed by atoms with van der Waals surface area (Å²) in [5.41, 5.74) is 11.3. The molecular weight excluding hydrogens is 504 g/mol. The normalized spacial score (nSPS) is 14.8. The summed E-state index contributed by atoms with van der Waals surface area (Å²) in [6.45, 7) is 13.0. The van der Waals surface area contributed by atoms with Gasteiger partial charge in [0.15, 0.2) is 0 Å². The van der Waals surface area contributed by atoms with Gasteiger partial charge in [0.2, 0.25) is 0 Å². The van der Waals surface area contributed by atoms with Crippen molar-refractivity contribution in [2.45, 2.75) is 26.2 Å². The lowest BCUT2D eigenvalue weighted by atomic mass is 9.78. The Bertz CT molecular complexity index is 2110. The zero-order valence-electron chi connectivity index (χ0n) is 24.3. The lowest BCUT2D eigenvalue weighted by Gasteiger charge is -2.25. The number of aryl methyl sites for hydroxylation is 2. The Morgan fingerprint density at radius 2 is 1.38 bits per heavy atom. The van der Waals surface area contributed by atoms with Crippen LogP contribution in [0.15, 0.2) is 128 Å². The number of hydrogen-bond donors (Lipinski definition) is 0. The van der Waals surface area contributed by atoms with Crippen LogP contribution in [-0.2, 0) is 0 Å². The fourth-order valence-electron chi connectivity index (χ4n) is 7.08. The van der Waals surface area contributed by atoms with E-state index in [0.717, 1.165) is 12.0 Å². The fraction of sp³-hybridized carbons (Fsp3) is 0.0952. The molecule has 0 fully saturated rings. The van der Waals surface area contributed by atoms with Gasteiger partial charge in [-0.3, -0.25) is 0 Å². The van der Waals surface area contributed by atoms with E-state index in [-0.39, 0.29) is 5.92 Å². The molecule has 0 saturated carbocycles. The molecule has 0 amide bonds. The van der Waals surface area contributed by atoms with Crippen LogP contribution in [0, 0.1) is 13.8 Å². The summed E-state index contributed by atoms with van der Waals surface area (Å²) >= 11 is 0. The average Bonchev–Trinajstić information content (AvgIpc) is 3.03. The van der Waals surface area contributed by atoms with Crippen LogP contribution in [0.2, 0.25) is 0 Å². The van der Waals surface area contributed by atoms with Crippen molar-refractivity contribution < 1.29 is 0 Å². The number of allylic oxidation sites excluding steroid dienone is 4. The second kappa shape index (κ2) is 10.5. The standard InChI is InChI=1S/C42H34/c1-5-34-35(6-2)42(33-24-19-29-13-7-8-14-32(29)26-33)39-16-10-9-15-38(39)41(34)31-22-20-30(21-23-31)36-25-18-28(4)40-27(3)12-11-17-37(36)40/h5-22,24-26,31H,1-2,23H2,3-4H3. The molecular formula is C42H34. The molecule has 1 atom stereocenters. The minimum atomic E-state index is 0.245. The lowest BCUT2D eigenvalue weighted by Crippen LogP contribution is -2.05. The molecule has 0 aliphatic heterocycles. The van der Waals surface area contributed by atoms with Gasteiger partial charge in [0.25, 0.3) is 0 Å². The summed E-state index contributed by atoms with van der Waals surface area (Å²) in [5, 5.41) is 7.72. The first-order valence-electron chi connectivity index (χ1n) is 14.8. The first kappa shape index (κ1) is 26.0. The van der Waals surface area contributed by atoms with Gasteiger partial charge in [-0.1, -0.05) is 135 Å². The van der Waals surface area contributed by atoms with Crippen molar-refractivity contribution in [1.29, 1.82) is 0 Å². The van der Waals surface area contributed by atoms with E-state index in [4.69, 9.17) is 0 Å². The molecule has 0 heteroatoms. The molecule has 6 aromatic carbocycles. The molecule has 1 aliphatic rings. The molecule has 0 aromatic heterocycles. The maximum absolute atomic E-state index is 4.31. The van der Waals surface area contributed by atoms with Crippen molar-refractivity contribution in [3.05, 3.63) is 162 Å². The van der Waals surface area contributed by atoms with Crippen molar-refractivity contribution in [2.24, 2.45) is 0 Å². The average molecular weight is 539 g/mol. The van der Waals surface area contributed by atoms with Crippen LogP contribution in [0.5, 0.6) is 0 Å². The van der Waals surface area contributed by atoms with Gasteiger partial charge in [0.05, 0.1) is 0 Å². The van der Waals surface area contributed by atoms with Gasteiger partial charge in [-0.2, -0.15) is 0 Å². The zero-order chi connectivity index (χ0) is 28.8. The van der Waals surface area contributed by atoms with Crippen LogP contribution in [0.25, 0.3) is 61.2 Å². The van der Waals surface area contributed by atoms with Crippen LogP contribution in [0.1, 0.15) is 45.7 Å². The number of hydrogen-bond acceptors (Lipinski definition) is 0. The Morgan fingerprint density at radius 1 is 0.667 bits per heavy atom. The van der Waals surface area contributed by atoms with Crippen molar-refractivity contribution in [1.82, 2.24) is 0 Å². The summed E-state index contributed by atoms with van der Waals surface area (Å²) in [6.07, 6.45) is 12.1. The van der Waals surface area contributed by atoms with Crippen LogP contribution in [0.3, 0.4) is 0 Å². The van der Waals surface area contributed by atoms with Gasteiger partial charge in [-0.25, -0.2) is 0 Å². The van der Waals surface area contributed by atoms with E-state index < -0.39 is 0 Å². The summed E-state index contributed by atoms with van der Waals surface area (Å²) < 4.78 is 0. The second-order valence-corrected chi connectivity index (χ2v) is 11.4. The van der Waals surface area contributed by atoms with E-state index in [0.29, 0.717) is 0 Å². The molecule has 1 unspecified atom stereocenters. The molecule has 202 valence electrons. The molecule has 0 spiro atoms. The van der Waals surface area contributed by atoms with Crippen molar-refractivity contribution in [3.8, 4) is 11.1 Å². The third-order valence-corrected chi connectivity index (χ3v) is 9.02. The van der Waals surface area contributed by atoms with E-state index in [1.54, 1.807) is 0 Å². The molecule has 42 heavy (non-hydrogen) atoms. The van der Waals surface area contributed by atoms with Gasteiger partial charge in [-0.05, 0) is 109 Å². The Balaban J connectivity index is 1.37. The fourth-order valence-corrected chi connectivity index (χ4v) is 7.08. The summed E-state index contributed by atoms with van der Waals surface area (Å²) in [4.78, 5) is 0. The molecule has 0 N–H and O–H groups in total. The highest BCUT2D eigenvalue weighted by Crippen LogP contribution is 2.45. The van der Waals surface area contributed by atoms with Gasteiger partial charge < -0.3 is 0 Å². The first-order valence-corrected chi connectivity index (χ1v) is 14.8. The topological polar surface area (TPSA) is 0 Å². The molecule has 7 rings (SSSR count). The first-order chi connectivity index (χ1) is 20.6. The molecule has 0 radical (unpaired) electrons. The predicted molar refractivity (Wildman–Crippen MR) is 185 cm³/mol. The van der Waals surface area contributed by atoms with Crippen LogP contribution < -0.4 is 0 Å². The van der Waals surface area contributed by atoms with Crippen molar-refractivity contribution in [2.75, 3.05) is 0 Å². The lowest BCUT2D eigenvalue weighted by molar-refractivity contribution is 0.862. The number of fused-ring (bicyclic) bond motifs is 3. The smallest absolute Gasteiger partial charge is 0.00684 e. The third-order valence-electron chi connectivity index (χ3n) is 9.02. The number of rotatable bonds is 5. The molecule has 0 nitrogen and oxygen atoms in total. The maximum atomic E-state index is 4.31. The Hall–Kier alpha value is -4.94. The van der Waals surface area contributed by atoms with E-state index in [1.165, 1.54) is 76.8 Å². The van der Waals surface area contributed by atoms with Crippen molar-refractivity contribution in [3.63, 3.8) is 0 Å². The number of benzene rings is 6. The molecule has 1 aliphatic carbocycles. The molecule has 0 heterocycles. The van der Waals surface area contributed by atoms with Crippen LogP contribution >= 0.6 is 0 Å². The highest BCUT2D eigenvalue weighted by atomic mass is 14.3. The van der Waals surface area contributed by atoms with Gasteiger partial charge in [0.1, 0.15) is 0 Å². The van der Waals surface area contributed by atoms with E-state index in [2.05, 4.69) is 142 Å². The monoisotopic (exact) mass is 538 g/mol.